The molecule has 6 rings (SSSR count). The summed E-state index contributed by atoms with van der Waals surface area (Å²) in [6.45, 7) is 6.15. The first-order valence-electron chi connectivity index (χ1n) is 17.4. The Labute approximate surface area is 306 Å². The molecule has 2 aromatic carbocycles. The van der Waals surface area contributed by atoms with E-state index in [4.69, 9.17) is 24.0 Å². The number of methoxy groups -OCH3 is 2. The molecular formula is C36H43FN6O9S. The molecule has 0 bridgehead atoms. The topological polar surface area (TPSA) is 155 Å². The van der Waals surface area contributed by atoms with Gasteiger partial charge >= 0.3 is 16.2 Å². The first-order valence-corrected chi connectivity index (χ1v) is 18.8. The van der Waals surface area contributed by atoms with Crippen molar-refractivity contribution < 1.29 is 41.3 Å². The number of carbonyl (C=O) groups is 2. The molecule has 0 spiro atoms. The van der Waals surface area contributed by atoms with E-state index in [0.29, 0.717) is 37.2 Å². The van der Waals surface area contributed by atoms with Crippen LogP contribution >= 0.6 is 0 Å². The van der Waals surface area contributed by atoms with E-state index in [1.165, 1.54) is 36.5 Å². The molecule has 284 valence electrons. The monoisotopic (exact) mass is 754 g/mol. The number of esters is 1. The van der Waals surface area contributed by atoms with E-state index < -0.39 is 27.6 Å². The third-order valence-electron chi connectivity index (χ3n) is 9.44. The number of nitrogens with zero attached hydrogens (tertiary/aromatic N) is 6. The van der Waals surface area contributed by atoms with E-state index in [1.807, 2.05) is 26.0 Å². The zero-order chi connectivity index (χ0) is 38.0. The molecule has 4 aromatic rings. The van der Waals surface area contributed by atoms with Gasteiger partial charge in [-0.3, -0.25) is 14.4 Å². The maximum absolute atomic E-state index is 14.6. The van der Waals surface area contributed by atoms with Gasteiger partial charge < -0.3 is 28.4 Å². The normalized spacial score (nSPS) is 16.9. The summed E-state index contributed by atoms with van der Waals surface area (Å²) in [5, 5.41) is 4.70. The molecule has 1 saturated heterocycles. The first-order chi connectivity index (χ1) is 25.4. The summed E-state index contributed by atoms with van der Waals surface area (Å²) < 4.78 is 70.2. The SMILES string of the molecule is CCN1CC(C)n2c(c(OC)c3c(=O)n(Cc4ccc(F)cc4OCc4ccc(OC)cc4)nc(N4CCN(CCCCOC(C)=O)S4(=O)=O)c32)C1=O. The molecule has 15 nitrogen and oxygen atoms in total. The Morgan fingerprint density at radius 3 is 2.47 bits per heavy atom. The number of anilines is 1. The standard InChI is InChI=1S/C36H43FN6O9S/c1-6-39-20-23(2)43-31-30(33(50-5)32(43)36(39)46)35(45)41(38-34(31)42-17-16-40(53(42,47)48)15-7-8-18-51-24(3)44)21-26-11-12-27(37)19-29(26)52-22-25-9-13-28(49-4)14-10-25/h9-14,19,23H,6-8,15-18,20-22H2,1-5H3. The summed E-state index contributed by atoms with van der Waals surface area (Å²) in [5.74, 6) is -0.517. The van der Waals surface area contributed by atoms with Crippen LogP contribution in [0.1, 0.15) is 61.3 Å². The fraction of sp³-hybridized carbons (Fsp3) is 0.444. The van der Waals surface area contributed by atoms with Gasteiger partial charge in [0.2, 0.25) is 0 Å². The number of hydrogen-bond acceptors (Lipinski definition) is 10. The minimum absolute atomic E-state index is 0.00324. The fourth-order valence-electron chi connectivity index (χ4n) is 6.80. The molecule has 2 aliphatic rings. The van der Waals surface area contributed by atoms with Crippen molar-refractivity contribution in [1.29, 1.82) is 0 Å². The van der Waals surface area contributed by atoms with Gasteiger partial charge in [-0.05, 0) is 50.5 Å². The van der Waals surface area contributed by atoms with Crippen molar-refractivity contribution in [3.05, 3.63) is 75.5 Å². The molecule has 0 radical (unpaired) electrons. The lowest BCUT2D eigenvalue weighted by atomic mass is 10.2. The van der Waals surface area contributed by atoms with Crippen molar-refractivity contribution in [2.24, 2.45) is 0 Å². The molecule has 17 heteroatoms. The van der Waals surface area contributed by atoms with Gasteiger partial charge in [-0.2, -0.15) is 12.7 Å². The van der Waals surface area contributed by atoms with Gasteiger partial charge in [0.1, 0.15) is 34.8 Å². The molecule has 1 atom stereocenters. The molecule has 1 fully saturated rings. The van der Waals surface area contributed by atoms with E-state index in [-0.39, 0.29) is 85.3 Å². The third kappa shape index (κ3) is 7.27. The Hall–Kier alpha value is -5.16. The number of aromatic nitrogens is 3. The Kier molecular flexibility index (Phi) is 11.0. The van der Waals surface area contributed by atoms with Gasteiger partial charge in [-0.25, -0.2) is 13.4 Å². The summed E-state index contributed by atoms with van der Waals surface area (Å²) >= 11 is 0. The van der Waals surface area contributed by atoms with E-state index in [0.717, 1.165) is 14.6 Å². The quantitative estimate of drug-likeness (QED) is 0.137. The predicted octanol–water partition coefficient (Wildman–Crippen LogP) is 3.73. The highest BCUT2D eigenvalue weighted by Crippen LogP contribution is 2.42. The van der Waals surface area contributed by atoms with Gasteiger partial charge in [0, 0.05) is 50.8 Å². The summed E-state index contributed by atoms with van der Waals surface area (Å²) in [5.41, 5.74) is 0.868. The van der Waals surface area contributed by atoms with Gasteiger partial charge in [-0.15, -0.1) is 5.10 Å². The Morgan fingerprint density at radius 2 is 1.79 bits per heavy atom. The van der Waals surface area contributed by atoms with Crippen molar-refractivity contribution in [2.75, 3.05) is 57.9 Å². The summed E-state index contributed by atoms with van der Waals surface area (Å²) in [6.07, 6.45) is 0.912. The number of hydrogen-bond donors (Lipinski definition) is 0. The lowest BCUT2D eigenvalue weighted by Gasteiger charge is -2.33. The number of ether oxygens (including phenoxy) is 4. The molecule has 1 unspecified atom stereocenters. The third-order valence-corrected chi connectivity index (χ3v) is 11.4. The molecule has 4 heterocycles. The van der Waals surface area contributed by atoms with Crippen LogP contribution in [0, 0.1) is 5.82 Å². The highest BCUT2D eigenvalue weighted by atomic mass is 32.2. The van der Waals surface area contributed by atoms with Gasteiger partial charge in [-0.1, -0.05) is 18.2 Å². The Balaban J connectivity index is 1.45. The number of fused-ring (bicyclic) bond motifs is 3. The molecule has 0 aliphatic carbocycles. The Morgan fingerprint density at radius 1 is 1.04 bits per heavy atom. The van der Waals surface area contributed by atoms with Gasteiger partial charge in [0.05, 0.1) is 33.9 Å². The average Bonchev–Trinajstić information content (AvgIpc) is 3.65. The second-order valence-corrected chi connectivity index (χ2v) is 14.7. The number of amides is 1. The van der Waals surface area contributed by atoms with Crippen molar-refractivity contribution in [3.8, 4) is 17.2 Å². The van der Waals surface area contributed by atoms with Crippen LogP contribution in [0.4, 0.5) is 10.2 Å². The van der Waals surface area contributed by atoms with Crippen LogP contribution in [0.15, 0.2) is 47.3 Å². The predicted molar refractivity (Wildman–Crippen MR) is 193 cm³/mol. The van der Waals surface area contributed by atoms with Crippen molar-refractivity contribution >= 4 is 38.8 Å². The van der Waals surface area contributed by atoms with E-state index in [1.54, 1.807) is 28.7 Å². The average molecular weight is 755 g/mol. The number of likely N-dealkylation sites (N-methyl/N-ethyl adjacent to an activating group) is 1. The summed E-state index contributed by atoms with van der Waals surface area (Å²) in [6, 6.07) is 10.7. The van der Waals surface area contributed by atoms with Crippen molar-refractivity contribution in [3.63, 3.8) is 0 Å². The minimum atomic E-state index is -4.16. The lowest BCUT2D eigenvalue weighted by Crippen LogP contribution is -2.42. The van der Waals surface area contributed by atoms with Crippen molar-refractivity contribution in [1.82, 2.24) is 23.6 Å². The maximum Gasteiger partial charge on any atom is 0.305 e. The molecule has 1 amide bonds. The van der Waals surface area contributed by atoms with Gasteiger partial charge in [0.25, 0.3) is 11.5 Å². The van der Waals surface area contributed by atoms with Crippen LogP contribution < -0.4 is 24.1 Å². The van der Waals surface area contributed by atoms with E-state index >= 15 is 0 Å². The number of rotatable bonds is 14. The van der Waals surface area contributed by atoms with E-state index in [9.17, 15) is 27.2 Å². The van der Waals surface area contributed by atoms with Crippen LogP contribution in [0.5, 0.6) is 17.2 Å². The number of unbranched alkanes of at least 4 members (excludes halogenated alkanes) is 1. The number of halogens is 1. The van der Waals surface area contributed by atoms with Gasteiger partial charge in [0.15, 0.2) is 17.3 Å². The summed E-state index contributed by atoms with van der Waals surface area (Å²) in [4.78, 5) is 41.1. The Bertz CT molecular complexity index is 2190. The summed E-state index contributed by atoms with van der Waals surface area (Å²) in [7, 11) is -1.24. The van der Waals surface area contributed by atoms with Crippen LogP contribution in [0.3, 0.4) is 0 Å². The largest absolute Gasteiger partial charge is 0.497 e. The molecule has 53 heavy (non-hydrogen) atoms. The maximum atomic E-state index is 14.6. The van der Waals surface area contributed by atoms with Crippen molar-refractivity contribution in [2.45, 2.75) is 52.8 Å². The van der Waals surface area contributed by atoms with Crippen LogP contribution in [0.25, 0.3) is 10.9 Å². The molecular weight excluding hydrogens is 711 g/mol. The zero-order valence-electron chi connectivity index (χ0n) is 30.3. The molecule has 2 aromatic heterocycles. The second kappa shape index (κ2) is 15.4. The minimum Gasteiger partial charge on any atom is -0.497 e. The van der Waals surface area contributed by atoms with E-state index in [2.05, 4.69) is 0 Å². The lowest BCUT2D eigenvalue weighted by molar-refractivity contribution is -0.141. The fourth-order valence-corrected chi connectivity index (χ4v) is 8.41. The molecule has 0 saturated carbocycles. The highest BCUT2D eigenvalue weighted by molar-refractivity contribution is 7.90. The highest BCUT2D eigenvalue weighted by Gasteiger charge is 2.43. The first kappa shape index (κ1) is 37.6. The van der Waals surface area contributed by atoms with Crippen LogP contribution in [-0.4, -0.2) is 97.4 Å². The zero-order valence-corrected chi connectivity index (χ0v) is 31.2. The van der Waals surface area contributed by atoms with Crippen LogP contribution in [0.2, 0.25) is 0 Å². The number of benzene rings is 2. The number of carbonyl (C=O) groups excluding carboxylic acids is 2. The molecule has 0 N–H and O–H groups in total. The smallest absolute Gasteiger partial charge is 0.305 e. The molecule has 2 aliphatic heterocycles. The second-order valence-electron chi connectivity index (χ2n) is 12.9. The van der Waals surface area contributed by atoms with Crippen LogP contribution in [-0.2, 0) is 32.9 Å².